The third-order valence-electron chi connectivity index (χ3n) is 6.15. The Hall–Kier alpha value is -4.47. The number of amides is 1. The first-order valence-corrected chi connectivity index (χ1v) is 12.0. The number of aromatic nitrogens is 3. The van der Waals surface area contributed by atoms with Gasteiger partial charge in [-0.3, -0.25) is 24.6 Å². The number of fused-ring (bicyclic) bond motifs is 1. The van der Waals surface area contributed by atoms with Crippen molar-refractivity contribution in [1.29, 1.82) is 5.26 Å². The molecule has 0 saturated carbocycles. The average Bonchev–Trinajstić information content (AvgIpc) is 2.90. The molecule has 9 nitrogen and oxygen atoms in total. The van der Waals surface area contributed by atoms with E-state index in [0.29, 0.717) is 5.56 Å². The Morgan fingerprint density at radius 3 is 2.72 bits per heavy atom. The van der Waals surface area contributed by atoms with Crippen LogP contribution in [-0.2, 0) is 17.5 Å². The molecule has 1 aliphatic heterocycles. The molecule has 13 heteroatoms. The van der Waals surface area contributed by atoms with Crippen LogP contribution in [0.25, 0.3) is 10.9 Å². The smallest absolute Gasteiger partial charge is 0.437 e. The maximum atomic E-state index is 13.7. The van der Waals surface area contributed by atoms with E-state index in [1.165, 1.54) is 12.1 Å². The second kappa shape index (κ2) is 10.4. The molecule has 39 heavy (non-hydrogen) atoms. The van der Waals surface area contributed by atoms with Crippen LogP contribution < -0.4 is 21.1 Å². The molecule has 2 aromatic carbocycles. The minimum Gasteiger partial charge on any atom is -0.449 e. The van der Waals surface area contributed by atoms with Crippen molar-refractivity contribution in [3.63, 3.8) is 0 Å². The lowest BCUT2D eigenvalue weighted by Crippen LogP contribution is -2.54. The Morgan fingerprint density at radius 2 is 1.95 bits per heavy atom. The van der Waals surface area contributed by atoms with E-state index in [9.17, 15) is 22.8 Å². The monoisotopic (exact) mass is 554 g/mol. The van der Waals surface area contributed by atoms with E-state index in [2.05, 4.69) is 20.8 Å². The van der Waals surface area contributed by atoms with Gasteiger partial charge in [0.15, 0.2) is 5.69 Å². The second-order valence-electron chi connectivity index (χ2n) is 8.85. The van der Waals surface area contributed by atoms with Gasteiger partial charge in [0.2, 0.25) is 11.7 Å². The number of ether oxygens (including phenoxy) is 1. The van der Waals surface area contributed by atoms with Crippen LogP contribution in [0.4, 0.5) is 13.2 Å². The van der Waals surface area contributed by atoms with E-state index in [0.717, 1.165) is 27.9 Å². The molecular weight excluding hydrogens is 537 g/mol. The zero-order valence-electron chi connectivity index (χ0n) is 19.9. The number of alkyl halides is 3. The summed E-state index contributed by atoms with van der Waals surface area (Å²) < 4.78 is 47.4. The van der Waals surface area contributed by atoms with Gasteiger partial charge in [-0.15, -0.1) is 0 Å². The van der Waals surface area contributed by atoms with Crippen LogP contribution in [0.2, 0.25) is 5.02 Å². The van der Waals surface area contributed by atoms with Crippen molar-refractivity contribution in [2.24, 2.45) is 0 Å². The highest BCUT2D eigenvalue weighted by molar-refractivity contribution is 6.30. The number of nitrogens with zero attached hydrogens (tertiary/aromatic N) is 4. The van der Waals surface area contributed by atoms with Gasteiger partial charge in [0.25, 0.3) is 5.56 Å². The number of carbonyl (C=O) groups excluding carboxylic acids is 1. The van der Waals surface area contributed by atoms with E-state index < -0.39 is 35.1 Å². The molecule has 0 bridgehead atoms. The first kappa shape index (κ1) is 26.1. The molecule has 1 aliphatic rings. The van der Waals surface area contributed by atoms with Crippen molar-refractivity contribution in [2.75, 3.05) is 0 Å². The van der Waals surface area contributed by atoms with Crippen molar-refractivity contribution >= 4 is 28.4 Å². The fourth-order valence-electron chi connectivity index (χ4n) is 4.33. The summed E-state index contributed by atoms with van der Waals surface area (Å²) in [6.45, 7) is -0.128. The van der Waals surface area contributed by atoms with Crippen LogP contribution in [0, 0.1) is 11.3 Å². The topological polar surface area (TPSA) is 122 Å². The number of pyridine rings is 1. The molecular formula is C26H18ClF3N6O3. The first-order valence-electron chi connectivity index (χ1n) is 11.6. The van der Waals surface area contributed by atoms with Crippen LogP contribution in [0.3, 0.4) is 0 Å². The minimum atomic E-state index is -4.99. The molecule has 0 aliphatic carbocycles. The Bertz CT molecular complexity index is 1680. The molecule has 5 rings (SSSR count). The van der Waals surface area contributed by atoms with E-state index >= 15 is 0 Å². The SMILES string of the molecule is N#Cc1cc(Cl)cc(Oc2c(C(F)(F)F)ncn(CC3CC(c4cnc5ccccc5c4)C(=O)NN3)c2=O)c1. The van der Waals surface area contributed by atoms with Crippen molar-refractivity contribution in [3.8, 4) is 17.6 Å². The maximum Gasteiger partial charge on any atom is 0.437 e. The predicted octanol–water partition coefficient (Wildman–Crippen LogP) is 4.30. The summed E-state index contributed by atoms with van der Waals surface area (Å²) in [6.07, 6.45) is -2.38. The summed E-state index contributed by atoms with van der Waals surface area (Å²) in [7, 11) is 0. The first-order chi connectivity index (χ1) is 18.6. The number of hydrogen-bond acceptors (Lipinski definition) is 7. The highest BCUT2D eigenvalue weighted by Gasteiger charge is 2.39. The predicted molar refractivity (Wildman–Crippen MR) is 134 cm³/mol. The van der Waals surface area contributed by atoms with Crippen molar-refractivity contribution in [1.82, 2.24) is 25.4 Å². The Labute approximate surface area is 223 Å². The zero-order valence-corrected chi connectivity index (χ0v) is 20.6. The van der Waals surface area contributed by atoms with E-state index in [-0.39, 0.29) is 35.2 Å². The van der Waals surface area contributed by atoms with Crippen LogP contribution in [0.15, 0.2) is 65.8 Å². The minimum absolute atomic E-state index is 0.0339. The van der Waals surface area contributed by atoms with Gasteiger partial charge in [0.05, 0.1) is 29.4 Å². The number of hydrogen-bond donors (Lipinski definition) is 2. The number of para-hydroxylation sites is 1. The van der Waals surface area contributed by atoms with Gasteiger partial charge in [0, 0.05) is 29.2 Å². The van der Waals surface area contributed by atoms with Crippen LogP contribution in [-0.4, -0.2) is 26.5 Å². The number of halogens is 4. The molecule has 0 spiro atoms. The number of nitrogens with one attached hydrogen (secondary N) is 2. The highest BCUT2D eigenvalue weighted by Crippen LogP contribution is 2.35. The summed E-state index contributed by atoms with van der Waals surface area (Å²) >= 11 is 5.93. The summed E-state index contributed by atoms with van der Waals surface area (Å²) in [4.78, 5) is 33.7. The Balaban J connectivity index is 1.44. The largest absolute Gasteiger partial charge is 0.449 e. The molecule has 2 unspecified atom stereocenters. The van der Waals surface area contributed by atoms with Gasteiger partial charge in [-0.1, -0.05) is 29.8 Å². The molecule has 0 radical (unpaired) electrons. The average molecular weight is 555 g/mol. The molecule has 2 atom stereocenters. The van der Waals surface area contributed by atoms with E-state index in [1.807, 2.05) is 36.4 Å². The number of hydrazine groups is 1. The normalized spacial score (nSPS) is 17.5. The Morgan fingerprint density at radius 1 is 1.15 bits per heavy atom. The lowest BCUT2D eigenvalue weighted by atomic mass is 9.90. The third-order valence-corrected chi connectivity index (χ3v) is 6.37. The van der Waals surface area contributed by atoms with Crippen molar-refractivity contribution in [2.45, 2.75) is 31.1 Å². The zero-order chi connectivity index (χ0) is 27.7. The Kier molecular flexibility index (Phi) is 6.94. The van der Waals surface area contributed by atoms with Gasteiger partial charge >= 0.3 is 6.18 Å². The second-order valence-corrected chi connectivity index (χ2v) is 9.28. The molecule has 3 heterocycles. The number of benzene rings is 2. The van der Waals surface area contributed by atoms with E-state index in [1.54, 1.807) is 6.20 Å². The fourth-order valence-corrected chi connectivity index (χ4v) is 4.56. The molecule has 2 N–H and O–H groups in total. The summed E-state index contributed by atoms with van der Waals surface area (Å²) in [5.74, 6) is -2.21. The molecule has 1 saturated heterocycles. The van der Waals surface area contributed by atoms with Gasteiger partial charge in [-0.05, 0) is 42.3 Å². The fraction of sp³-hybridized carbons (Fsp3) is 0.192. The van der Waals surface area contributed by atoms with Gasteiger partial charge in [0.1, 0.15) is 5.75 Å². The van der Waals surface area contributed by atoms with Crippen LogP contribution >= 0.6 is 11.6 Å². The molecule has 1 amide bonds. The third kappa shape index (κ3) is 5.55. The van der Waals surface area contributed by atoms with Crippen LogP contribution in [0.5, 0.6) is 11.5 Å². The summed E-state index contributed by atoms with van der Waals surface area (Å²) in [5.41, 5.74) is 4.20. The lowest BCUT2D eigenvalue weighted by Gasteiger charge is -2.30. The van der Waals surface area contributed by atoms with Crippen LogP contribution in [0.1, 0.15) is 29.2 Å². The van der Waals surface area contributed by atoms with Gasteiger partial charge in [-0.2, -0.15) is 18.4 Å². The van der Waals surface area contributed by atoms with Crippen molar-refractivity contribution < 1.29 is 22.7 Å². The van der Waals surface area contributed by atoms with Crippen molar-refractivity contribution in [3.05, 3.63) is 93.3 Å². The standard InChI is InChI=1S/C26H18ClF3N6O3/c27-17-5-14(10-31)6-19(8-17)39-22-23(26(28,29)30)33-13-36(25(22)38)12-18-9-20(24(37)35-34-18)16-7-15-3-1-2-4-21(15)32-11-16/h1-8,11,13,18,20,34H,9,12H2,(H,35,37). The maximum absolute atomic E-state index is 13.7. The molecule has 1 fully saturated rings. The number of nitriles is 1. The highest BCUT2D eigenvalue weighted by atomic mass is 35.5. The summed E-state index contributed by atoms with van der Waals surface area (Å²) in [6, 6.07) is 14.2. The van der Waals surface area contributed by atoms with Gasteiger partial charge in [-0.25, -0.2) is 10.4 Å². The quantitative estimate of drug-likeness (QED) is 0.377. The number of rotatable bonds is 5. The molecule has 4 aromatic rings. The lowest BCUT2D eigenvalue weighted by molar-refractivity contribution is -0.142. The summed E-state index contributed by atoms with van der Waals surface area (Å²) in [5, 5.41) is 10.0. The molecule has 198 valence electrons. The number of carbonyl (C=O) groups is 1. The van der Waals surface area contributed by atoms with Gasteiger partial charge < -0.3 is 4.74 Å². The van der Waals surface area contributed by atoms with E-state index in [4.69, 9.17) is 21.6 Å². The molecule has 2 aromatic heterocycles.